The number of benzene rings is 2. The summed E-state index contributed by atoms with van der Waals surface area (Å²) >= 11 is 5.99. The molecule has 0 aliphatic carbocycles. The maximum absolute atomic E-state index is 11.9. The van der Waals surface area contributed by atoms with Crippen LogP contribution in [0.2, 0.25) is 5.02 Å². The minimum absolute atomic E-state index is 0.177. The third-order valence-corrected chi connectivity index (χ3v) is 5.24. The Balaban J connectivity index is 2.46. The number of nitro benzene ring substituents is 1. The van der Waals surface area contributed by atoms with Gasteiger partial charge in [-0.05, 0) is 35.9 Å². The van der Waals surface area contributed by atoms with Crippen LogP contribution in [-0.2, 0) is 16.6 Å². The Morgan fingerprint density at radius 1 is 1.22 bits per heavy atom. The van der Waals surface area contributed by atoms with Crippen LogP contribution in [0.3, 0.4) is 0 Å². The van der Waals surface area contributed by atoms with Gasteiger partial charge < -0.3 is 5.11 Å². The molecule has 2 rings (SSSR count). The minimum atomic E-state index is -3.58. The number of hydrogen-bond donors (Lipinski definition) is 1. The Bertz CT molecular complexity index is 978. The number of hydrogen-bond acceptors (Lipinski definition) is 5. The summed E-state index contributed by atoms with van der Waals surface area (Å²) in [6.07, 6.45) is -0.284. The highest BCUT2D eigenvalue weighted by Crippen LogP contribution is 2.29. The molecule has 27 heavy (non-hydrogen) atoms. The third kappa shape index (κ3) is 4.86. The summed E-state index contributed by atoms with van der Waals surface area (Å²) in [5.74, 6) is 0. The molecule has 0 fully saturated rings. The zero-order valence-electron chi connectivity index (χ0n) is 14.4. The second kappa shape index (κ2) is 7.80. The molecule has 0 aromatic heterocycles. The number of carbonyl (C=O) groups is 1. The molecule has 0 aliphatic heterocycles. The Labute approximate surface area is 160 Å². The number of anilines is 2. The van der Waals surface area contributed by atoms with E-state index < -0.39 is 21.0 Å². The summed E-state index contributed by atoms with van der Waals surface area (Å²) in [6, 6.07) is 9.43. The quantitative estimate of drug-likeness (QED) is 0.572. The van der Waals surface area contributed by atoms with E-state index in [4.69, 9.17) is 11.6 Å². The Morgan fingerprint density at radius 3 is 2.30 bits per heavy atom. The van der Waals surface area contributed by atoms with Gasteiger partial charge in [0.15, 0.2) is 0 Å². The zero-order chi connectivity index (χ0) is 20.4. The lowest BCUT2D eigenvalue weighted by molar-refractivity contribution is -0.384. The van der Waals surface area contributed by atoms with Crippen LogP contribution in [0.15, 0.2) is 42.5 Å². The smallest absolute Gasteiger partial charge is 0.412 e. The van der Waals surface area contributed by atoms with Crippen molar-refractivity contribution in [1.29, 1.82) is 0 Å². The molecule has 1 amide bonds. The van der Waals surface area contributed by atoms with Gasteiger partial charge in [-0.3, -0.25) is 19.3 Å². The number of nitro groups is 1. The predicted octanol–water partition coefficient (Wildman–Crippen LogP) is 3.33. The molecule has 144 valence electrons. The average molecular weight is 414 g/mol. The van der Waals surface area contributed by atoms with Gasteiger partial charge in [-0.1, -0.05) is 11.6 Å². The summed E-state index contributed by atoms with van der Waals surface area (Å²) in [5, 5.41) is 20.6. The molecule has 0 bridgehead atoms. The number of halogens is 1. The summed E-state index contributed by atoms with van der Waals surface area (Å²) < 4.78 is 24.7. The van der Waals surface area contributed by atoms with Crippen molar-refractivity contribution in [2.75, 3.05) is 22.5 Å². The standard InChI is InChI=1S/C16H16ClN3O6S/c1-18(27(2,25)26)15-8-3-12(17)9-11(15)10-19(16(21)22)13-4-6-14(7-5-13)20(23)24/h3-9H,10H2,1-2H3,(H,21,22). The molecule has 0 aliphatic rings. The normalized spacial score (nSPS) is 11.1. The van der Waals surface area contributed by atoms with Crippen LogP contribution < -0.4 is 9.21 Å². The van der Waals surface area contributed by atoms with E-state index in [9.17, 15) is 28.4 Å². The molecule has 0 saturated heterocycles. The van der Waals surface area contributed by atoms with Crippen molar-refractivity contribution >= 4 is 44.8 Å². The average Bonchev–Trinajstić information content (AvgIpc) is 2.58. The van der Waals surface area contributed by atoms with Gasteiger partial charge in [0.2, 0.25) is 10.0 Å². The molecule has 0 radical (unpaired) electrons. The Hall–Kier alpha value is -2.85. The lowest BCUT2D eigenvalue weighted by Gasteiger charge is -2.24. The van der Waals surface area contributed by atoms with E-state index in [-0.39, 0.29) is 23.6 Å². The summed E-state index contributed by atoms with van der Waals surface area (Å²) in [5.41, 5.74) is 0.650. The molecule has 0 unspecified atom stereocenters. The summed E-state index contributed by atoms with van der Waals surface area (Å²) in [6.45, 7) is -0.205. The lowest BCUT2D eigenvalue weighted by atomic mass is 10.1. The van der Waals surface area contributed by atoms with Gasteiger partial charge in [0.1, 0.15) is 0 Å². The molecule has 0 heterocycles. The van der Waals surface area contributed by atoms with Gasteiger partial charge in [0.25, 0.3) is 5.69 Å². The van der Waals surface area contributed by atoms with Crippen molar-refractivity contribution in [1.82, 2.24) is 0 Å². The summed E-state index contributed by atoms with van der Waals surface area (Å²) in [7, 11) is -2.23. The maximum atomic E-state index is 11.9. The first-order valence-corrected chi connectivity index (χ1v) is 9.70. The van der Waals surface area contributed by atoms with Crippen molar-refractivity contribution in [2.45, 2.75) is 6.54 Å². The van der Waals surface area contributed by atoms with E-state index in [1.54, 1.807) is 0 Å². The van der Waals surface area contributed by atoms with E-state index in [0.29, 0.717) is 10.6 Å². The van der Waals surface area contributed by atoms with Crippen LogP contribution in [0.4, 0.5) is 21.9 Å². The van der Waals surface area contributed by atoms with E-state index in [1.807, 2.05) is 0 Å². The molecular weight excluding hydrogens is 398 g/mol. The van der Waals surface area contributed by atoms with Crippen molar-refractivity contribution in [3.63, 3.8) is 0 Å². The number of amides is 1. The van der Waals surface area contributed by atoms with Gasteiger partial charge in [0.05, 0.1) is 23.4 Å². The van der Waals surface area contributed by atoms with Gasteiger partial charge >= 0.3 is 6.09 Å². The van der Waals surface area contributed by atoms with Crippen molar-refractivity contribution in [3.8, 4) is 0 Å². The monoisotopic (exact) mass is 413 g/mol. The fourth-order valence-corrected chi connectivity index (χ4v) is 3.09. The SMILES string of the molecule is CN(c1ccc(Cl)cc1CN(C(=O)O)c1ccc([N+](=O)[O-])cc1)S(C)(=O)=O. The number of nitrogens with zero attached hydrogens (tertiary/aromatic N) is 3. The molecule has 2 aromatic rings. The first kappa shape index (κ1) is 20.5. The molecule has 0 spiro atoms. The zero-order valence-corrected chi connectivity index (χ0v) is 15.9. The second-order valence-electron chi connectivity index (χ2n) is 5.65. The highest BCUT2D eigenvalue weighted by molar-refractivity contribution is 7.92. The van der Waals surface area contributed by atoms with Crippen LogP contribution >= 0.6 is 11.6 Å². The van der Waals surface area contributed by atoms with Crippen molar-refractivity contribution in [2.24, 2.45) is 0 Å². The Kier molecular flexibility index (Phi) is 5.91. The van der Waals surface area contributed by atoms with E-state index in [2.05, 4.69) is 0 Å². The molecule has 2 aromatic carbocycles. The molecule has 9 nitrogen and oxygen atoms in total. The van der Waals surface area contributed by atoms with Crippen LogP contribution in [0.25, 0.3) is 0 Å². The minimum Gasteiger partial charge on any atom is -0.465 e. The predicted molar refractivity (Wildman–Crippen MR) is 102 cm³/mol. The molecule has 11 heteroatoms. The second-order valence-corrected chi connectivity index (χ2v) is 8.10. The highest BCUT2D eigenvalue weighted by atomic mass is 35.5. The molecular formula is C16H16ClN3O6S. The number of carboxylic acid groups (broad SMARTS) is 1. The topological polar surface area (TPSA) is 121 Å². The largest absolute Gasteiger partial charge is 0.465 e. The molecule has 0 saturated carbocycles. The lowest BCUT2D eigenvalue weighted by Crippen LogP contribution is -2.31. The number of non-ortho nitro benzene ring substituents is 1. The summed E-state index contributed by atoms with van der Waals surface area (Å²) in [4.78, 5) is 22.8. The van der Waals surface area contributed by atoms with Gasteiger partial charge in [-0.25, -0.2) is 13.2 Å². The number of sulfonamides is 1. The van der Waals surface area contributed by atoms with E-state index in [1.165, 1.54) is 49.5 Å². The molecule has 1 N–H and O–H groups in total. The van der Waals surface area contributed by atoms with Crippen LogP contribution in [0, 0.1) is 10.1 Å². The maximum Gasteiger partial charge on any atom is 0.412 e. The van der Waals surface area contributed by atoms with E-state index in [0.717, 1.165) is 15.5 Å². The third-order valence-electron chi connectivity index (χ3n) is 3.81. The highest BCUT2D eigenvalue weighted by Gasteiger charge is 2.21. The van der Waals surface area contributed by atoms with Crippen molar-refractivity contribution in [3.05, 3.63) is 63.2 Å². The van der Waals surface area contributed by atoms with Gasteiger partial charge in [-0.2, -0.15) is 0 Å². The van der Waals surface area contributed by atoms with Gasteiger partial charge in [-0.15, -0.1) is 0 Å². The first-order valence-electron chi connectivity index (χ1n) is 7.48. The first-order chi connectivity index (χ1) is 12.5. The van der Waals surface area contributed by atoms with E-state index >= 15 is 0 Å². The Morgan fingerprint density at radius 2 is 1.81 bits per heavy atom. The van der Waals surface area contributed by atoms with Gasteiger partial charge in [0, 0.05) is 29.9 Å². The van der Waals surface area contributed by atoms with Crippen LogP contribution in [-0.4, -0.2) is 37.8 Å². The fraction of sp³-hybridized carbons (Fsp3) is 0.188. The van der Waals surface area contributed by atoms with Crippen LogP contribution in [0.5, 0.6) is 0 Å². The fourth-order valence-electron chi connectivity index (χ4n) is 2.36. The number of rotatable bonds is 6. The van der Waals surface area contributed by atoms with Crippen molar-refractivity contribution < 1.29 is 23.2 Å². The molecule has 0 atom stereocenters. The van der Waals surface area contributed by atoms with Crippen LogP contribution in [0.1, 0.15) is 5.56 Å².